The molecule has 3 nitrogen and oxygen atoms in total. The number of halogens is 1. The number of fused-ring (bicyclic) bond motifs is 1. The molecule has 0 aliphatic heterocycles. The molecule has 0 radical (unpaired) electrons. The lowest BCUT2D eigenvalue weighted by Gasteiger charge is -2.08. The van der Waals surface area contributed by atoms with E-state index in [9.17, 15) is 9.50 Å². The molecule has 0 saturated carbocycles. The van der Waals surface area contributed by atoms with Crippen LogP contribution in [0.15, 0.2) is 28.9 Å². The maximum absolute atomic E-state index is 13.1. The number of rotatable bonds is 2. The third kappa shape index (κ3) is 1.38. The van der Waals surface area contributed by atoms with E-state index in [1.807, 2.05) is 0 Å². The average molecular weight is 195 g/mol. The lowest BCUT2D eigenvalue weighted by molar-refractivity contribution is 0.186. The van der Waals surface area contributed by atoms with Crippen LogP contribution in [0.5, 0.6) is 0 Å². The van der Waals surface area contributed by atoms with Gasteiger partial charge in [0.25, 0.3) is 0 Å². The SMILES string of the molecule is NCC(O)c1cc(F)cc2ccoc12. The van der Waals surface area contributed by atoms with Gasteiger partial charge < -0.3 is 15.3 Å². The first-order valence-corrected chi connectivity index (χ1v) is 4.27. The molecule has 74 valence electrons. The summed E-state index contributed by atoms with van der Waals surface area (Å²) in [6, 6.07) is 4.24. The van der Waals surface area contributed by atoms with E-state index in [0.717, 1.165) is 0 Å². The molecule has 0 bridgehead atoms. The van der Waals surface area contributed by atoms with Crippen molar-refractivity contribution < 1.29 is 13.9 Å². The largest absolute Gasteiger partial charge is 0.464 e. The van der Waals surface area contributed by atoms with Crippen LogP contribution in [0.4, 0.5) is 4.39 Å². The van der Waals surface area contributed by atoms with E-state index >= 15 is 0 Å². The Morgan fingerprint density at radius 1 is 1.50 bits per heavy atom. The van der Waals surface area contributed by atoms with Crippen molar-refractivity contribution in [3.05, 3.63) is 35.8 Å². The Morgan fingerprint density at radius 3 is 3.00 bits per heavy atom. The van der Waals surface area contributed by atoms with Gasteiger partial charge in [0.05, 0.1) is 12.4 Å². The highest BCUT2D eigenvalue weighted by atomic mass is 19.1. The van der Waals surface area contributed by atoms with Crippen molar-refractivity contribution in [3.63, 3.8) is 0 Å². The molecular weight excluding hydrogens is 185 g/mol. The van der Waals surface area contributed by atoms with Gasteiger partial charge in [0.1, 0.15) is 11.4 Å². The van der Waals surface area contributed by atoms with Gasteiger partial charge in [-0.3, -0.25) is 0 Å². The number of hydrogen-bond acceptors (Lipinski definition) is 3. The molecule has 14 heavy (non-hydrogen) atoms. The van der Waals surface area contributed by atoms with Crippen molar-refractivity contribution in [2.24, 2.45) is 5.73 Å². The third-order valence-electron chi connectivity index (χ3n) is 2.13. The molecule has 1 aromatic heterocycles. The van der Waals surface area contributed by atoms with Crippen LogP contribution in [0.25, 0.3) is 11.0 Å². The van der Waals surface area contributed by atoms with Crippen LogP contribution in [-0.2, 0) is 0 Å². The Kier molecular flexibility index (Phi) is 2.23. The van der Waals surface area contributed by atoms with Crippen molar-refractivity contribution in [3.8, 4) is 0 Å². The number of benzene rings is 1. The summed E-state index contributed by atoms with van der Waals surface area (Å²) in [6.07, 6.45) is 0.566. The molecule has 2 rings (SSSR count). The molecule has 2 aromatic rings. The predicted octanol–water partition coefficient (Wildman–Crippen LogP) is 1.56. The first-order valence-electron chi connectivity index (χ1n) is 4.27. The smallest absolute Gasteiger partial charge is 0.139 e. The van der Waals surface area contributed by atoms with Gasteiger partial charge in [-0.05, 0) is 18.2 Å². The minimum atomic E-state index is -0.889. The van der Waals surface area contributed by atoms with Gasteiger partial charge >= 0.3 is 0 Å². The summed E-state index contributed by atoms with van der Waals surface area (Å²) in [5.74, 6) is -0.401. The van der Waals surface area contributed by atoms with Gasteiger partial charge in [0.2, 0.25) is 0 Å². The van der Waals surface area contributed by atoms with E-state index in [0.29, 0.717) is 16.5 Å². The van der Waals surface area contributed by atoms with Crippen molar-refractivity contribution in [2.75, 3.05) is 6.54 Å². The molecule has 0 fully saturated rings. The maximum Gasteiger partial charge on any atom is 0.139 e. The number of hydrogen-bond donors (Lipinski definition) is 2. The summed E-state index contributed by atoms with van der Waals surface area (Å²) in [7, 11) is 0. The third-order valence-corrected chi connectivity index (χ3v) is 2.13. The minimum absolute atomic E-state index is 0.0409. The van der Waals surface area contributed by atoms with Crippen LogP contribution in [0, 0.1) is 5.82 Å². The van der Waals surface area contributed by atoms with Gasteiger partial charge in [0.15, 0.2) is 0 Å². The fourth-order valence-electron chi connectivity index (χ4n) is 1.45. The van der Waals surface area contributed by atoms with E-state index < -0.39 is 11.9 Å². The molecule has 1 unspecified atom stereocenters. The van der Waals surface area contributed by atoms with E-state index in [1.165, 1.54) is 18.4 Å². The second kappa shape index (κ2) is 3.40. The second-order valence-electron chi connectivity index (χ2n) is 3.09. The minimum Gasteiger partial charge on any atom is -0.464 e. The normalized spacial score (nSPS) is 13.4. The lowest BCUT2D eigenvalue weighted by atomic mass is 10.1. The maximum atomic E-state index is 13.1. The van der Waals surface area contributed by atoms with E-state index in [4.69, 9.17) is 10.2 Å². The van der Waals surface area contributed by atoms with Gasteiger partial charge in [-0.25, -0.2) is 4.39 Å². The first kappa shape index (κ1) is 9.18. The Bertz CT molecular complexity index is 452. The Balaban J connectivity index is 2.66. The van der Waals surface area contributed by atoms with Crippen molar-refractivity contribution >= 4 is 11.0 Å². The Morgan fingerprint density at radius 2 is 2.29 bits per heavy atom. The molecule has 0 spiro atoms. The summed E-state index contributed by atoms with van der Waals surface area (Å²) in [4.78, 5) is 0. The van der Waals surface area contributed by atoms with Gasteiger partial charge in [-0.2, -0.15) is 0 Å². The average Bonchev–Trinajstić information content (AvgIpc) is 2.62. The van der Waals surface area contributed by atoms with Crippen molar-refractivity contribution in [1.82, 2.24) is 0 Å². The molecule has 3 N–H and O–H groups in total. The number of aliphatic hydroxyl groups excluding tert-OH is 1. The molecular formula is C10H10FNO2. The number of furan rings is 1. The lowest BCUT2D eigenvalue weighted by Crippen LogP contribution is -2.11. The van der Waals surface area contributed by atoms with Crippen molar-refractivity contribution in [2.45, 2.75) is 6.10 Å². The molecule has 1 heterocycles. The van der Waals surface area contributed by atoms with Crippen LogP contribution in [-0.4, -0.2) is 11.7 Å². The molecule has 1 aromatic carbocycles. The van der Waals surface area contributed by atoms with Gasteiger partial charge in [0, 0.05) is 17.5 Å². The molecule has 4 heteroatoms. The number of nitrogens with two attached hydrogens (primary N) is 1. The summed E-state index contributed by atoms with van der Waals surface area (Å²) in [5, 5.41) is 10.2. The molecule has 1 atom stereocenters. The molecule has 0 amide bonds. The quantitative estimate of drug-likeness (QED) is 0.764. The molecule has 0 aliphatic carbocycles. The summed E-state index contributed by atoms with van der Waals surface area (Å²) >= 11 is 0. The fraction of sp³-hybridized carbons (Fsp3) is 0.200. The first-order chi connectivity index (χ1) is 6.72. The van der Waals surface area contributed by atoms with E-state index in [-0.39, 0.29) is 6.54 Å². The van der Waals surface area contributed by atoms with Crippen LogP contribution in [0.3, 0.4) is 0 Å². The van der Waals surface area contributed by atoms with Crippen molar-refractivity contribution in [1.29, 1.82) is 0 Å². The highest BCUT2D eigenvalue weighted by Gasteiger charge is 2.13. The summed E-state index contributed by atoms with van der Waals surface area (Å²) in [5.41, 5.74) is 6.19. The van der Waals surface area contributed by atoms with E-state index in [1.54, 1.807) is 6.07 Å². The molecule has 0 aliphatic rings. The topological polar surface area (TPSA) is 59.4 Å². The molecule has 0 saturated heterocycles. The Labute approximate surface area is 79.9 Å². The second-order valence-corrected chi connectivity index (χ2v) is 3.09. The van der Waals surface area contributed by atoms with Crippen LogP contribution in [0.2, 0.25) is 0 Å². The zero-order chi connectivity index (χ0) is 10.1. The number of aliphatic hydroxyl groups is 1. The van der Waals surface area contributed by atoms with Crippen LogP contribution in [0.1, 0.15) is 11.7 Å². The monoisotopic (exact) mass is 195 g/mol. The zero-order valence-electron chi connectivity index (χ0n) is 7.40. The summed E-state index contributed by atoms with van der Waals surface area (Å²) < 4.78 is 18.2. The van der Waals surface area contributed by atoms with Crippen LogP contribution < -0.4 is 5.73 Å². The zero-order valence-corrected chi connectivity index (χ0v) is 7.40. The summed E-state index contributed by atoms with van der Waals surface area (Å²) in [6.45, 7) is 0.0409. The van der Waals surface area contributed by atoms with E-state index in [2.05, 4.69) is 0 Å². The fourth-order valence-corrected chi connectivity index (χ4v) is 1.45. The highest BCUT2D eigenvalue weighted by molar-refractivity contribution is 5.80. The standard InChI is InChI=1S/C10H10FNO2/c11-7-3-6-1-2-14-10(6)8(4-7)9(13)5-12/h1-4,9,13H,5,12H2. The predicted molar refractivity (Wildman–Crippen MR) is 50.2 cm³/mol. The highest BCUT2D eigenvalue weighted by Crippen LogP contribution is 2.26. The van der Waals surface area contributed by atoms with Gasteiger partial charge in [-0.15, -0.1) is 0 Å². The van der Waals surface area contributed by atoms with Gasteiger partial charge in [-0.1, -0.05) is 0 Å². The van der Waals surface area contributed by atoms with Crippen LogP contribution >= 0.6 is 0 Å². The Hall–Kier alpha value is -1.39.